The van der Waals surface area contributed by atoms with Crippen LogP contribution in [0.4, 0.5) is 5.69 Å². The number of hydrogen-bond acceptors (Lipinski definition) is 3. The van der Waals surface area contributed by atoms with Gasteiger partial charge in [-0.3, -0.25) is 9.78 Å². The SMILES string of the molecule is CNC(=O)C1CCN(c2ccncc2Cl)CC1. The van der Waals surface area contributed by atoms with Crippen molar-refractivity contribution in [1.82, 2.24) is 10.3 Å². The molecule has 0 radical (unpaired) electrons. The molecule has 1 fully saturated rings. The van der Waals surface area contributed by atoms with Crippen LogP contribution in [0.1, 0.15) is 12.8 Å². The predicted octanol–water partition coefficient (Wildman–Crippen LogP) is 1.70. The number of piperidine rings is 1. The number of aromatic nitrogens is 1. The first-order chi connectivity index (χ1) is 8.22. The Bertz CT molecular complexity index is 402. The normalized spacial score (nSPS) is 16.9. The van der Waals surface area contributed by atoms with Crippen molar-refractivity contribution in [1.29, 1.82) is 0 Å². The molecule has 1 amide bonds. The second-order valence-electron chi connectivity index (χ2n) is 4.20. The molecular weight excluding hydrogens is 238 g/mol. The van der Waals surface area contributed by atoms with Gasteiger partial charge >= 0.3 is 0 Å². The van der Waals surface area contributed by atoms with Crippen LogP contribution in [-0.4, -0.2) is 31.0 Å². The van der Waals surface area contributed by atoms with Gasteiger partial charge in [0.2, 0.25) is 5.91 Å². The zero-order chi connectivity index (χ0) is 12.3. The number of carbonyl (C=O) groups excluding carboxylic acids is 1. The summed E-state index contributed by atoms with van der Waals surface area (Å²) >= 11 is 6.10. The Hall–Kier alpha value is -1.29. The molecular formula is C12H16ClN3O. The first-order valence-corrected chi connectivity index (χ1v) is 6.16. The molecule has 1 aliphatic heterocycles. The lowest BCUT2D eigenvalue weighted by Gasteiger charge is -2.33. The van der Waals surface area contributed by atoms with Gasteiger partial charge in [-0.2, -0.15) is 0 Å². The Kier molecular flexibility index (Phi) is 3.84. The van der Waals surface area contributed by atoms with Gasteiger partial charge < -0.3 is 10.2 Å². The van der Waals surface area contributed by atoms with Crippen LogP contribution < -0.4 is 10.2 Å². The van der Waals surface area contributed by atoms with E-state index in [-0.39, 0.29) is 11.8 Å². The Morgan fingerprint density at radius 1 is 1.53 bits per heavy atom. The Balaban J connectivity index is 2.00. The van der Waals surface area contributed by atoms with Gasteiger partial charge in [-0.25, -0.2) is 0 Å². The van der Waals surface area contributed by atoms with Crippen molar-refractivity contribution in [2.75, 3.05) is 25.0 Å². The van der Waals surface area contributed by atoms with E-state index in [1.54, 1.807) is 19.4 Å². The van der Waals surface area contributed by atoms with Gasteiger partial charge in [0.25, 0.3) is 0 Å². The molecule has 0 atom stereocenters. The second kappa shape index (κ2) is 5.36. The average molecular weight is 254 g/mol. The summed E-state index contributed by atoms with van der Waals surface area (Å²) in [5.41, 5.74) is 1.01. The number of rotatable bonds is 2. The highest BCUT2D eigenvalue weighted by molar-refractivity contribution is 6.33. The van der Waals surface area contributed by atoms with E-state index in [0.717, 1.165) is 31.6 Å². The first-order valence-electron chi connectivity index (χ1n) is 5.78. The molecule has 1 saturated heterocycles. The van der Waals surface area contributed by atoms with Crippen molar-refractivity contribution in [3.63, 3.8) is 0 Å². The minimum Gasteiger partial charge on any atom is -0.370 e. The highest BCUT2D eigenvalue weighted by Gasteiger charge is 2.24. The van der Waals surface area contributed by atoms with Gasteiger partial charge in [-0.05, 0) is 18.9 Å². The third-order valence-corrected chi connectivity index (χ3v) is 3.50. The minimum absolute atomic E-state index is 0.136. The molecule has 17 heavy (non-hydrogen) atoms. The van der Waals surface area contributed by atoms with Crippen molar-refractivity contribution in [2.45, 2.75) is 12.8 Å². The van der Waals surface area contributed by atoms with Gasteiger partial charge in [-0.1, -0.05) is 11.6 Å². The third kappa shape index (κ3) is 2.69. The summed E-state index contributed by atoms with van der Waals surface area (Å²) in [7, 11) is 1.69. The van der Waals surface area contributed by atoms with Crippen LogP contribution in [0.3, 0.4) is 0 Å². The van der Waals surface area contributed by atoms with Gasteiger partial charge in [0.05, 0.1) is 10.7 Å². The zero-order valence-corrected chi connectivity index (χ0v) is 10.6. The summed E-state index contributed by atoms with van der Waals surface area (Å²) in [6, 6.07) is 1.92. The smallest absolute Gasteiger partial charge is 0.222 e. The molecule has 0 aromatic carbocycles. The first kappa shape index (κ1) is 12.2. The number of carbonyl (C=O) groups is 1. The zero-order valence-electron chi connectivity index (χ0n) is 9.82. The fourth-order valence-electron chi connectivity index (χ4n) is 2.21. The summed E-state index contributed by atoms with van der Waals surface area (Å²) in [6.45, 7) is 1.73. The van der Waals surface area contributed by atoms with Crippen LogP contribution in [0.5, 0.6) is 0 Å². The van der Waals surface area contributed by atoms with Gasteiger partial charge in [-0.15, -0.1) is 0 Å². The monoisotopic (exact) mass is 253 g/mol. The molecule has 1 aromatic heterocycles. The number of pyridine rings is 1. The van der Waals surface area contributed by atoms with E-state index in [9.17, 15) is 4.79 Å². The van der Waals surface area contributed by atoms with E-state index < -0.39 is 0 Å². The van der Waals surface area contributed by atoms with E-state index in [1.807, 2.05) is 6.07 Å². The number of amides is 1. The van der Waals surface area contributed by atoms with E-state index in [1.165, 1.54) is 0 Å². The molecule has 0 bridgehead atoms. The summed E-state index contributed by atoms with van der Waals surface area (Å²) in [5.74, 6) is 0.280. The molecule has 92 valence electrons. The quantitative estimate of drug-likeness (QED) is 0.873. The maximum Gasteiger partial charge on any atom is 0.222 e. The number of hydrogen-bond donors (Lipinski definition) is 1. The predicted molar refractivity (Wildman–Crippen MR) is 68.3 cm³/mol. The highest BCUT2D eigenvalue weighted by Crippen LogP contribution is 2.28. The van der Waals surface area contributed by atoms with E-state index in [2.05, 4.69) is 15.2 Å². The summed E-state index contributed by atoms with van der Waals surface area (Å²) in [5, 5.41) is 3.38. The van der Waals surface area contributed by atoms with Crippen molar-refractivity contribution >= 4 is 23.2 Å². The van der Waals surface area contributed by atoms with Gasteiger partial charge in [0.15, 0.2) is 0 Å². The summed E-state index contributed by atoms with van der Waals surface area (Å²) < 4.78 is 0. The lowest BCUT2D eigenvalue weighted by Crippen LogP contribution is -2.39. The number of nitrogens with one attached hydrogen (secondary N) is 1. The molecule has 2 heterocycles. The maximum absolute atomic E-state index is 11.5. The minimum atomic E-state index is 0.136. The van der Waals surface area contributed by atoms with Crippen molar-refractivity contribution in [3.8, 4) is 0 Å². The van der Waals surface area contributed by atoms with Crippen molar-refractivity contribution in [3.05, 3.63) is 23.5 Å². The Labute approximate surface area is 106 Å². The molecule has 2 rings (SSSR count). The molecule has 1 aliphatic rings. The molecule has 0 saturated carbocycles. The lowest BCUT2D eigenvalue weighted by atomic mass is 9.96. The number of anilines is 1. The standard InChI is InChI=1S/C12H16ClN3O/c1-14-12(17)9-3-6-16(7-4-9)11-2-5-15-8-10(11)13/h2,5,8-9H,3-4,6-7H2,1H3,(H,14,17). The largest absolute Gasteiger partial charge is 0.370 e. The van der Waals surface area contributed by atoms with Gasteiger partial charge in [0.1, 0.15) is 0 Å². The lowest BCUT2D eigenvalue weighted by molar-refractivity contribution is -0.125. The Morgan fingerprint density at radius 2 is 2.24 bits per heavy atom. The van der Waals surface area contributed by atoms with Crippen molar-refractivity contribution in [2.24, 2.45) is 5.92 Å². The van der Waals surface area contributed by atoms with Crippen LogP contribution in [0.2, 0.25) is 5.02 Å². The average Bonchev–Trinajstić information content (AvgIpc) is 2.39. The van der Waals surface area contributed by atoms with E-state index in [4.69, 9.17) is 11.6 Å². The van der Waals surface area contributed by atoms with Crippen molar-refractivity contribution < 1.29 is 4.79 Å². The van der Waals surface area contributed by atoms with Crippen LogP contribution in [0.15, 0.2) is 18.5 Å². The maximum atomic E-state index is 11.5. The Morgan fingerprint density at radius 3 is 2.82 bits per heavy atom. The summed E-state index contributed by atoms with van der Waals surface area (Å²) in [6.07, 6.45) is 5.14. The van der Waals surface area contributed by atoms with Crippen LogP contribution in [-0.2, 0) is 4.79 Å². The van der Waals surface area contributed by atoms with Gasteiger partial charge in [0, 0.05) is 38.4 Å². The molecule has 1 N–H and O–H groups in total. The number of halogens is 1. The second-order valence-corrected chi connectivity index (χ2v) is 4.61. The molecule has 4 nitrogen and oxygen atoms in total. The third-order valence-electron chi connectivity index (χ3n) is 3.20. The highest BCUT2D eigenvalue weighted by atomic mass is 35.5. The molecule has 0 unspecified atom stereocenters. The molecule has 5 heteroatoms. The molecule has 0 spiro atoms. The summed E-state index contributed by atoms with van der Waals surface area (Å²) in [4.78, 5) is 17.7. The van der Waals surface area contributed by atoms with E-state index in [0.29, 0.717) is 5.02 Å². The van der Waals surface area contributed by atoms with Crippen LogP contribution >= 0.6 is 11.6 Å². The topological polar surface area (TPSA) is 45.2 Å². The van der Waals surface area contributed by atoms with Crippen LogP contribution in [0.25, 0.3) is 0 Å². The van der Waals surface area contributed by atoms with Crippen LogP contribution in [0, 0.1) is 5.92 Å². The fourth-order valence-corrected chi connectivity index (χ4v) is 2.45. The van der Waals surface area contributed by atoms with E-state index >= 15 is 0 Å². The number of nitrogens with zero attached hydrogens (tertiary/aromatic N) is 2. The molecule has 1 aromatic rings. The fraction of sp³-hybridized carbons (Fsp3) is 0.500. The molecule has 0 aliphatic carbocycles.